The lowest BCUT2D eigenvalue weighted by Crippen LogP contribution is -2.35. The van der Waals surface area contributed by atoms with Gasteiger partial charge >= 0.3 is 6.16 Å². The van der Waals surface area contributed by atoms with Gasteiger partial charge in [0.1, 0.15) is 12.1 Å². The molecule has 1 saturated heterocycles. The number of ether oxygens (including phenoxy) is 2. The second kappa shape index (κ2) is 8.30. The van der Waals surface area contributed by atoms with Gasteiger partial charge in [-0.1, -0.05) is 18.2 Å². The summed E-state index contributed by atoms with van der Waals surface area (Å²) in [4.78, 5) is 37.3. The Balaban J connectivity index is 1.45. The Morgan fingerprint density at radius 3 is 2.79 bits per heavy atom. The fourth-order valence-corrected chi connectivity index (χ4v) is 3.68. The molecule has 2 aromatic heterocycles. The van der Waals surface area contributed by atoms with Crippen LogP contribution in [0.1, 0.15) is 31.2 Å². The monoisotopic (exact) mass is 394 g/mol. The third-order valence-corrected chi connectivity index (χ3v) is 5.12. The Kier molecular flexibility index (Phi) is 5.41. The van der Waals surface area contributed by atoms with Gasteiger partial charge in [-0.25, -0.2) is 14.8 Å². The van der Waals surface area contributed by atoms with Crippen molar-refractivity contribution in [1.82, 2.24) is 15.0 Å². The fourth-order valence-electron chi connectivity index (χ4n) is 3.68. The molecule has 0 radical (unpaired) electrons. The van der Waals surface area contributed by atoms with Crippen LogP contribution in [0.3, 0.4) is 0 Å². The zero-order valence-electron chi connectivity index (χ0n) is 16.1. The number of para-hydroxylation sites is 1. The molecular weight excluding hydrogens is 372 g/mol. The molecule has 8 nitrogen and oxygen atoms in total. The summed E-state index contributed by atoms with van der Waals surface area (Å²) in [5, 5.41) is 1.04. The van der Waals surface area contributed by atoms with E-state index < -0.39 is 6.16 Å². The van der Waals surface area contributed by atoms with Gasteiger partial charge in [0.05, 0.1) is 6.61 Å². The van der Waals surface area contributed by atoms with E-state index in [1.54, 1.807) is 13.0 Å². The lowest BCUT2D eigenvalue weighted by molar-refractivity contribution is 0.102. The van der Waals surface area contributed by atoms with E-state index in [0.717, 1.165) is 42.4 Å². The lowest BCUT2D eigenvalue weighted by Gasteiger charge is -2.32. The highest BCUT2D eigenvalue weighted by Crippen LogP contribution is 2.29. The molecule has 150 valence electrons. The van der Waals surface area contributed by atoms with Gasteiger partial charge in [0, 0.05) is 30.2 Å². The Bertz CT molecular complexity index is 1070. The molecule has 3 heterocycles. The summed E-state index contributed by atoms with van der Waals surface area (Å²) in [5.41, 5.74) is 1.67. The highest BCUT2D eigenvalue weighted by atomic mass is 16.7. The molecule has 0 amide bonds. The topological polar surface area (TPSA) is 97.4 Å². The van der Waals surface area contributed by atoms with Gasteiger partial charge in [-0.15, -0.1) is 0 Å². The molecule has 0 saturated carbocycles. The van der Waals surface area contributed by atoms with Crippen LogP contribution in [0.2, 0.25) is 0 Å². The number of carbonyl (C=O) groups excluding carboxylic acids is 1. The maximum atomic E-state index is 12.5. The molecule has 1 aliphatic rings. The standard InChI is InChI=1S/C21H22N4O4/c1-2-28-21(27)29-19-12-18(22-13-23-19)25-9-7-14(8-10-25)16-11-15-5-3-4-6-17(15)24-20(16)26/h3-6,11-14H,2,7-10H2,1H3,(H,24,26). The normalized spacial score (nSPS) is 14.7. The smallest absolute Gasteiger partial charge is 0.434 e. The summed E-state index contributed by atoms with van der Waals surface area (Å²) < 4.78 is 9.82. The first kappa shape index (κ1) is 18.9. The van der Waals surface area contributed by atoms with Crippen LogP contribution in [-0.2, 0) is 4.74 Å². The van der Waals surface area contributed by atoms with Crippen molar-refractivity contribution in [2.24, 2.45) is 0 Å². The molecular formula is C21H22N4O4. The minimum absolute atomic E-state index is 0.0192. The molecule has 4 rings (SSSR count). The van der Waals surface area contributed by atoms with E-state index in [4.69, 9.17) is 9.47 Å². The number of piperidine rings is 1. The Hall–Kier alpha value is -3.42. The number of H-pyrrole nitrogens is 1. The first-order valence-corrected chi connectivity index (χ1v) is 9.67. The minimum Gasteiger partial charge on any atom is -0.434 e. The molecule has 0 unspecified atom stereocenters. The molecule has 1 fully saturated rings. The number of hydrogen-bond acceptors (Lipinski definition) is 7. The van der Waals surface area contributed by atoms with Crippen molar-refractivity contribution in [2.75, 3.05) is 24.6 Å². The van der Waals surface area contributed by atoms with Crippen molar-refractivity contribution in [2.45, 2.75) is 25.7 Å². The lowest BCUT2D eigenvalue weighted by atomic mass is 9.89. The van der Waals surface area contributed by atoms with Gasteiger partial charge in [0.25, 0.3) is 5.56 Å². The molecule has 1 aromatic carbocycles. The summed E-state index contributed by atoms with van der Waals surface area (Å²) in [7, 11) is 0. The Morgan fingerprint density at radius 1 is 1.21 bits per heavy atom. The molecule has 29 heavy (non-hydrogen) atoms. The van der Waals surface area contributed by atoms with Gasteiger partial charge in [-0.05, 0) is 43.2 Å². The van der Waals surface area contributed by atoms with Gasteiger partial charge < -0.3 is 19.4 Å². The number of aromatic nitrogens is 3. The van der Waals surface area contributed by atoms with Crippen LogP contribution in [0, 0.1) is 0 Å². The fraction of sp³-hybridized carbons (Fsp3) is 0.333. The first-order valence-electron chi connectivity index (χ1n) is 9.67. The number of hydrogen-bond donors (Lipinski definition) is 1. The van der Waals surface area contributed by atoms with E-state index in [1.165, 1.54) is 6.33 Å². The van der Waals surface area contributed by atoms with Gasteiger partial charge in [0.15, 0.2) is 0 Å². The van der Waals surface area contributed by atoms with E-state index in [9.17, 15) is 9.59 Å². The number of pyridine rings is 1. The summed E-state index contributed by atoms with van der Waals surface area (Å²) >= 11 is 0. The van der Waals surface area contributed by atoms with E-state index in [0.29, 0.717) is 5.82 Å². The third kappa shape index (κ3) is 4.21. The maximum Gasteiger partial charge on any atom is 0.515 e. The van der Waals surface area contributed by atoms with Gasteiger partial charge in [-0.2, -0.15) is 0 Å². The third-order valence-electron chi connectivity index (χ3n) is 5.12. The summed E-state index contributed by atoms with van der Waals surface area (Å²) in [6, 6.07) is 11.4. The number of fused-ring (bicyclic) bond motifs is 1. The van der Waals surface area contributed by atoms with E-state index in [2.05, 4.69) is 19.9 Å². The van der Waals surface area contributed by atoms with Crippen molar-refractivity contribution in [3.05, 3.63) is 58.6 Å². The molecule has 0 aliphatic carbocycles. The zero-order valence-corrected chi connectivity index (χ0v) is 16.1. The van der Waals surface area contributed by atoms with E-state index >= 15 is 0 Å². The van der Waals surface area contributed by atoms with Crippen molar-refractivity contribution in [3.8, 4) is 5.88 Å². The highest BCUT2D eigenvalue weighted by Gasteiger charge is 2.24. The van der Waals surface area contributed by atoms with Gasteiger partial charge in [-0.3, -0.25) is 4.79 Å². The molecule has 3 aromatic rings. The molecule has 1 aliphatic heterocycles. The van der Waals surface area contributed by atoms with Crippen LogP contribution in [0.4, 0.5) is 10.6 Å². The highest BCUT2D eigenvalue weighted by molar-refractivity contribution is 5.78. The predicted octanol–water partition coefficient (Wildman–Crippen LogP) is 3.24. The quantitative estimate of drug-likeness (QED) is 0.679. The summed E-state index contributed by atoms with van der Waals surface area (Å²) in [6.45, 7) is 3.43. The number of anilines is 1. The number of rotatable bonds is 4. The number of nitrogens with one attached hydrogen (secondary N) is 1. The molecule has 0 bridgehead atoms. The van der Waals surface area contributed by atoms with E-state index in [-0.39, 0.29) is 24.0 Å². The van der Waals surface area contributed by atoms with Crippen LogP contribution < -0.4 is 15.2 Å². The maximum absolute atomic E-state index is 12.5. The second-order valence-corrected chi connectivity index (χ2v) is 6.90. The van der Waals surface area contributed by atoms with Crippen LogP contribution in [0.15, 0.2) is 47.5 Å². The van der Waals surface area contributed by atoms with Crippen molar-refractivity contribution < 1.29 is 14.3 Å². The summed E-state index contributed by atoms with van der Waals surface area (Å²) in [6.07, 6.45) is 2.25. The minimum atomic E-state index is -0.786. The van der Waals surface area contributed by atoms with Gasteiger partial charge in [0.2, 0.25) is 5.88 Å². The SMILES string of the molecule is CCOC(=O)Oc1cc(N2CCC(c3cc4ccccc4[nH]c3=O)CC2)ncn1. The van der Waals surface area contributed by atoms with Crippen LogP contribution in [0.25, 0.3) is 10.9 Å². The van der Waals surface area contributed by atoms with Crippen molar-refractivity contribution in [1.29, 1.82) is 0 Å². The predicted molar refractivity (Wildman–Crippen MR) is 108 cm³/mol. The van der Waals surface area contributed by atoms with Crippen LogP contribution in [-0.4, -0.2) is 40.8 Å². The largest absolute Gasteiger partial charge is 0.515 e. The Labute approximate surface area is 167 Å². The van der Waals surface area contributed by atoms with Crippen molar-refractivity contribution >= 4 is 22.9 Å². The number of benzene rings is 1. The van der Waals surface area contributed by atoms with E-state index in [1.807, 2.05) is 30.3 Å². The zero-order chi connectivity index (χ0) is 20.2. The van der Waals surface area contributed by atoms with Crippen LogP contribution in [0.5, 0.6) is 5.88 Å². The first-order chi connectivity index (χ1) is 14.1. The Morgan fingerprint density at radius 2 is 2.00 bits per heavy atom. The molecule has 8 heteroatoms. The number of aromatic amines is 1. The summed E-state index contributed by atoms with van der Waals surface area (Å²) in [5.74, 6) is 1.03. The molecule has 1 N–H and O–H groups in total. The average molecular weight is 394 g/mol. The van der Waals surface area contributed by atoms with Crippen molar-refractivity contribution in [3.63, 3.8) is 0 Å². The number of carbonyl (C=O) groups is 1. The average Bonchev–Trinajstić information content (AvgIpc) is 2.74. The number of nitrogens with zero attached hydrogens (tertiary/aromatic N) is 3. The second-order valence-electron chi connectivity index (χ2n) is 6.90. The van der Waals surface area contributed by atoms with Crippen LogP contribution >= 0.6 is 0 Å². The molecule has 0 atom stereocenters. The molecule has 0 spiro atoms.